The molecular weight excluding hydrogens is 481 g/mol. The quantitative estimate of drug-likeness (QED) is 0.332. The lowest BCUT2D eigenvalue weighted by molar-refractivity contribution is -0.115. The fourth-order valence-electron chi connectivity index (χ4n) is 4.62. The van der Waals surface area contributed by atoms with Crippen molar-refractivity contribution in [3.63, 3.8) is 0 Å². The second-order valence-electron chi connectivity index (χ2n) is 9.09. The standard InChI is InChI=1S/C29H24FN7O/c1-3-26(38)34-19-10-18(12-31-13-19)17-8-9-25-21(11-17)28(33-16-37(25)2)29-35-24-15-32-14-22(27(24)36-29)20-6-4-5-7-23(20)30/h4-15H,3,16H2,1-2H3,(H,34,38)(H,35,36). The number of carbonyl (C=O) groups excluding carboxylic acids is 1. The number of rotatable bonds is 5. The number of aromatic amines is 1. The summed E-state index contributed by atoms with van der Waals surface area (Å²) in [6, 6.07) is 14.6. The summed E-state index contributed by atoms with van der Waals surface area (Å²) in [6.45, 7) is 2.28. The minimum atomic E-state index is -0.330. The Bertz CT molecular complexity index is 1730. The first-order valence-corrected chi connectivity index (χ1v) is 12.3. The van der Waals surface area contributed by atoms with Gasteiger partial charge in [-0.1, -0.05) is 31.2 Å². The summed E-state index contributed by atoms with van der Waals surface area (Å²) < 4.78 is 14.6. The van der Waals surface area contributed by atoms with Crippen molar-refractivity contribution in [3.8, 4) is 22.3 Å². The smallest absolute Gasteiger partial charge is 0.224 e. The van der Waals surface area contributed by atoms with Gasteiger partial charge < -0.3 is 15.2 Å². The molecule has 4 heterocycles. The summed E-state index contributed by atoms with van der Waals surface area (Å²) in [5.74, 6) is 0.183. The third-order valence-electron chi connectivity index (χ3n) is 6.56. The van der Waals surface area contributed by atoms with E-state index in [0.717, 1.165) is 22.4 Å². The van der Waals surface area contributed by atoms with Gasteiger partial charge in [0.05, 0.1) is 23.6 Å². The van der Waals surface area contributed by atoms with Crippen LogP contribution in [0.15, 0.2) is 78.3 Å². The number of carbonyl (C=O) groups is 1. The number of hydrogen-bond acceptors (Lipinski definition) is 6. The van der Waals surface area contributed by atoms with Gasteiger partial charge in [-0.15, -0.1) is 0 Å². The van der Waals surface area contributed by atoms with Gasteiger partial charge in [0.25, 0.3) is 0 Å². The second-order valence-corrected chi connectivity index (χ2v) is 9.09. The Morgan fingerprint density at radius 2 is 1.84 bits per heavy atom. The lowest BCUT2D eigenvalue weighted by Crippen LogP contribution is -2.26. The van der Waals surface area contributed by atoms with Crippen molar-refractivity contribution < 1.29 is 9.18 Å². The summed E-state index contributed by atoms with van der Waals surface area (Å²) in [6.07, 6.45) is 7.10. The molecule has 1 aliphatic heterocycles. The molecule has 2 N–H and O–H groups in total. The number of H-pyrrole nitrogens is 1. The molecule has 3 aromatic heterocycles. The lowest BCUT2D eigenvalue weighted by Gasteiger charge is -2.26. The highest BCUT2D eigenvalue weighted by Crippen LogP contribution is 2.33. The fourth-order valence-corrected chi connectivity index (χ4v) is 4.62. The average Bonchev–Trinajstić information content (AvgIpc) is 3.38. The van der Waals surface area contributed by atoms with E-state index in [9.17, 15) is 9.18 Å². The first-order chi connectivity index (χ1) is 18.5. The Morgan fingerprint density at radius 1 is 1.00 bits per heavy atom. The van der Waals surface area contributed by atoms with E-state index >= 15 is 0 Å². The molecular formula is C29H24FN7O. The highest BCUT2D eigenvalue weighted by atomic mass is 19.1. The summed E-state index contributed by atoms with van der Waals surface area (Å²) in [7, 11) is 1.99. The van der Waals surface area contributed by atoms with Crippen LogP contribution in [0.4, 0.5) is 15.8 Å². The van der Waals surface area contributed by atoms with Crippen LogP contribution in [0.1, 0.15) is 24.7 Å². The number of anilines is 2. The van der Waals surface area contributed by atoms with Gasteiger partial charge in [-0.25, -0.2) is 9.37 Å². The van der Waals surface area contributed by atoms with Gasteiger partial charge in [-0.3, -0.25) is 19.8 Å². The van der Waals surface area contributed by atoms with Crippen LogP contribution in [0.25, 0.3) is 33.3 Å². The zero-order valence-corrected chi connectivity index (χ0v) is 20.9. The zero-order valence-electron chi connectivity index (χ0n) is 20.9. The van der Waals surface area contributed by atoms with Crippen LogP contribution in [0.3, 0.4) is 0 Å². The van der Waals surface area contributed by atoms with Crippen LogP contribution < -0.4 is 10.2 Å². The van der Waals surface area contributed by atoms with Crippen molar-refractivity contribution in [1.29, 1.82) is 0 Å². The minimum Gasteiger partial charge on any atom is -0.355 e. The first kappa shape index (κ1) is 23.5. The molecule has 0 spiro atoms. The van der Waals surface area contributed by atoms with Crippen LogP contribution in [-0.4, -0.2) is 45.3 Å². The molecule has 5 aromatic rings. The molecule has 0 saturated carbocycles. The van der Waals surface area contributed by atoms with E-state index in [-0.39, 0.29) is 11.7 Å². The zero-order chi connectivity index (χ0) is 26.2. The largest absolute Gasteiger partial charge is 0.355 e. The molecule has 2 aromatic carbocycles. The molecule has 188 valence electrons. The molecule has 1 amide bonds. The number of imidazole rings is 1. The number of nitrogens with zero attached hydrogens (tertiary/aromatic N) is 5. The number of amides is 1. The van der Waals surface area contributed by atoms with Gasteiger partial charge in [0.2, 0.25) is 5.91 Å². The summed E-state index contributed by atoms with van der Waals surface area (Å²) >= 11 is 0. The minimum absolute atomic E-state index is 0.0698. The molecule has 0 fully saturated rings. The second kappa shape index (κ2) is 9.51. The number of fused-ring (bicyclic) bond motifs is 2. The number of aromatic nitrogens is 4. The van der Waals surface area contributed by atoms with Crippen molar-refractivity contribution >= 4 is 34.0 Å². The SMILES string of the molecule is CCC(=O)Nc1cncc(-c2ccc3c(c2)C(c2nc4c(-c5ccccc5F)cncc4[nH]2)=NCN3C)c1. The van der Waals surface area contributed by atoms with E-state index in [1.54, 1.807) is 49.9 Å². The molecule has 8 nitrogen and oxygen atoms in total. The molecule has 9 heteroatoms. The maximum absolute atomic E-state index is 14.6. The Morgan fingerprint density at radius 3 is 2.68 bits per heavy atom. The number of aliphatic imine (C=N–C) groups is 1. The molecule has 0 radical (unpaired) electrons. The van der Waals surface area contributed by atoms with Crippen molar-refractivity contribution in [3.05, 3.63) is 90.5 Å². The Kier molecular flexibility index (Phi) is 5.88. The summed E-state index contributed by atoms with van der Waals surface area (Å²) in [4.78, 5) is 35.6. The average molecular weight is 506 g/mol. The van der Waals surface area contributed by atoms with E-state index < -0.39 is 0 Å². The van der Waals surface area contributed by atoms with Crippen LogP contribution in [-0.2, 0) is 4.79 Å². The highest BCUT2D eigenvalue weighted by molar-refractivity contribution is 6.16. The molecule has 38 heavy (non-hydrogen) atoms. The molecule has 0 bridgehead atoms. The third-order valence-corrected chi connectivity index (χ3v) is 6.56. The van der Waals surface area contributed by atoms with Crippen LogP contribution >= 0.6 is 0 Å². The lowest BCUT2D eigenvalue weighted by atomic mass is 9.98. The van der Waals surface area contributed by atoms with Gasteiger partial charge in [0.1, 0.15) is 23.7 Å². The Labute approximate surface area is 218 Å². The maximum atomic E-state index is 14.6. The van der Waals surface area contributed by atoms with Crippen molar-refractivity contribution in [2.24, 2.45) is 4.99 Å². The molecule has 0 saturated heterocycles. The van der Waals surface area contributed by atoms with Gasteiger partial charge >= 0.3 is 0 Å². The van der Waals surface area contributed by atoms with Gasteiger partial charge in [0.15, 0.2) is 5.82 Å². The number of nitrogens with one attached hydrogen (secondary N) is 2. The van der Waals surface area contributed by atoms with Crippen molar-refractivity contribution in [2.45, 2.75) is 13.3 Å². The first-order valence-electron chi connectivity index (χ1n) is 12.3. The van der Waals surface area contributed by atoms with E-state index in [1.807, 2.05) is 25.2 Å². The van der Waals surface area contributed by atoms with Gasteiger partial charge in [0, 0.05) is 53.8 Å². The third kappa shape index (κ3) is 4.17. The van der Waals surface area contributed by atoms with Crippen LogP contribution in [0.2, 0.25) is 0 Å². The number of pyridine rings is 2. The highest BCUT2D eigenvalue weighted by Gasteiger charge is 2.23. The van der Waals surface area contributed by atoms with Crippen molar-refractivity contribution in [2.75, 3.05) is 23.9 Å². The van der Waals surface area contributed by atoms with E-state index in [4.69, 9.17) is 9.98 Å². The Balaban J connectivity index is 1.43. The van der Waals surface area contributed by atoms with E-state index in [0.29, 0.717) is 52.5 Å². The molecule has 0 unspecified atom stereocenters. The number of halogens is 1. The predicted molar refractivity (Wildman–Crippen MR) is 147 cm³/mol. The summed E-state index contributed by atoms with van der Waals surface area (Å²) in [5.41, 5.74) is 7.44. The molecule has 0 atom stereocenters. The molecule has 1 aliphatic rings. The molecule has 6 rings (SSSR count). The summed E-state index contributed by atoms with van der Waals surface area (Å²) in [5, 5.41) is 2.86. The van der Waals surface area contributed by atoms with Crippen LogP contribution in [0, 0.1) is 5.82 Å². The maximum Gasteiger partial charge on any atom is 0.224 e. The normalized spacial score (nSPS) is 12.8. The Hall–Kier alpha value is -4.92. The molecule has 0 aliphatic carbocycles. The van der Waals surface area contributed by atoms with Crippen LogP contribution in [0.5, 0.6) is 0 Å². The van der Waals surface area contributed by atoms with E-state index in [1.165, 1.54) is 6.07 Å². The van der Waals surface area contributed by atoms with E-state index in [2.05, 4.69) is 31.2 Å². The number of hydrogen-bond donors (Lipinski definition) is 2. The monoisotopic (exact) mass is 505 g/mol. The fraction of sp³-hybridized carbons (Fsp3) is 0.138. The topological polar surface area (TPSA) is 99.2 Å². The van der Waals surface area contributed by atoms with Gasteiger partial charge in [-0.05, 0) is 29.8 Å². The van der Waals surface area contributed by atoms with Crippen molar-refractivity contribution in [1.82, 2.24) is 19.9 Å². The van der Waals surface area contributed by atoms with Gasteiger partial charge in [-0.2, -0.15) is 0 Å². The predicted octanol–water partition coefficient (Wildman–Crippen LogP) is 5.42. The number of benzene rings is 2.